The first-order valence-corrected chi connectivity index (χ1v) is 9.51. The fourth-order valence-corrected chi connectivity index (χ4v) is 2.82. The maximum Gasteiger partial charge on any atom is 0.338 e. The molecule has 0 atom stereocenters. The molecule has 0 saturated heterocycles. The topological polar surface area (TPSA) is 89.5 Å². The van der Waals surface area contributed by atoms with E-state index in [1.54, 1.807) is 13.8 Å². The number of ether oxygens (including phenoxy) is 1. The van der Waals surface area contributed by atoms with Crippen LogP contribution in [-0.4, -0.2) is 33.2 Å². The number of carbonyl (C=O) groups excluding carboxylic acids is 2. The van der Waals surface area contributed by atoms with Gasteiger partial charge in [0.05, 0.1) is 10.5 Å². The Bertz CT molecular complexity index is 970. The predicted molar refractivity (Wildman–Crippen MR) is 94.3 cm³/mol. The highest BCUT2D eigenvalue weighted by atomic mass is 32.2. The number of aryl methyl sites for hydroxylation is 2. The van der Waals surface area contributed by atoms with Crippen molar-refractivity contribution < 1.29 is 27.1 Å². The molecule has 0 bridgehead atoms. The Labute approximate surface area is 150 Å². The summed E-state index contributed by atoms with van der Waals surface area (Å²) in [5.74, 6) is -1.96. The van der Waals surface area contributed by atoms with Crippen LogP contribution in [0, 0.1) is 19.7 Å². The molecule has 0 aliphatic carbocycles. The zero-order chi connectivity index (χ0) is 19.5. The fraction of sp³-hybridized carbons (Fsp3) is 0.222. The van der Waals surface area contributed by atoms with Crippen molar-refractivity contribution >= 4 is 27.4 Å². The minimum absolute atomic E-state index is 0.0186. The Morgan fingerprint density at radius 1 is 1.08 bits per heavy atom. The van der Waals surface area contributed by atoms with Crippen LogP contribution in [0.4, 0.5) is 10.1 Å². The van der Waals surface area contributed by atoms with Crippen LogP contribution in [0.25, 0.3) is 0 Å². The molecule has 0 heterocycles. The maximum absolute atomic E-state index is 13.2. The van der Waals surface area contributed by atoms with Crippen molar-refractivity contribution in [2.24, 2.45) is 0 Å². The molecule has 2 rings (SSSR count). The van der Waals surface area contributed by atoms with E-state index in [0.29, 0.717) is 11.1 Å². The molecule has 26 heavy (non-hydrogen) atoms. The van der Waals surface area contributed by atoms with Crippen molar-refractivity contribution in [1.82, 2.24) is 0 Å². The van der Waals surface area contributed by atoms with Crippen LogP contribution >= 0.6 is 0 Å². The van der Waals surface area contributed by atoms with E-state index in [1.807, 2.05) is 0 Å². The van der Waals surface area contributed by atoms with E-state index < -0.39 is 34.1 Å². The van der Waals surface area contributed by atoms with Crippen LogP contribution in [0.5, 0.6) is 0 Å². The van der Waals surface area contributed by atoms with Gasteiger partial charge in [-0.15, -0.1) is 0 Å². The zero-order valence-electron chi connectivity index (χ0n) is 14.5. The fourth-order valence-electron chi connectivity index (χ4n) is 2.18. The third-order valence-electron chi connectivity index (χ3n) is 3.67. The quantitative estimate of drug-likeness (QED) is 0.807. The number of anilines is 1. The van der Waals surface area contributed by atoms with E-state index >= 15 is 0 Å². The number of hydrogen-bond acceptors (Lipinski definition) is 5. The molecule has 0 aromatic heterocycles. The van der Waals surface area contributed by atoms with Gasteiger partial charge in [-0.05, 0) is 49.2 Å². The Balaban J connectivity index is 2.06. The van der Waals surface area contributed by atoms with Crippen molar-refractivity contribution in [2.75, 3.05) is 18.2 Å². The molecular weight excluding hydrogens is 361 g/mol. The number of halogens is 1. The highest BCUT2D eigenvalue weighted by Gasteiger charge is 2.17. The summed E-state index contributed by atoms with van der Waals surface area (Å²) in [6.45, 7) is 2.73. The standard InChI is InChI=1S/C18H18FNO5S/c1-11-5-7-14(26(3,23)24)9-15(11)18(22)25-10-17(21)20-16-8-13(19)6-4-12(16)2/h4-9H,10H2,1-3H3,(H,20,21). The molecule has 1 amide bonds. The second-order valence-electron chi connectivity index (χ2n) is 5.83. The molecule has 6 nitrogen and oxygen atoms in total. The van der Waals surface area contributed by atoms with Gasteiger partial charge in [0.2, 0.25) is 0 Å². The first kappa shape index (κ1) is 19.6. The summed E-state index contributed by atoms with van der Waals surface area (Å²) in [5, 5.41) is 2.46. The Morgan fingerprint density at radius 3 is 2.38 bits per heavy atom. The second kappa shape index (κ2) is 7.65. The van der Waals surface area contributed by atoms with Crippen molar-refractivity contribution in [1.29, 1.82) is 0 Å². The van der Waals surface area contributed by atoms with Crippen LogP contribution in [0.15, 0.2) is 41.3 Å². The van der Waals surface area contributed by atoms with E-state index in [9.17, 15) is 22.4 Å². The molecule has 0 aliphatic heterocycles. The molecule has 138 valence electrons. The molecule has 0 saturated carbocycles. The Kier molecular flexibility index (Phi) is 5.76. The van der Waals surface area contributed by atoms with Crippen molar-refractivity contribution in [3.05, 3.63) is 58.9 Å². The molecule has 0 spiro atoms. The maximum atomic E-state index is 13.2. The largest absolute Gasteiger partial charge is 0.452 e. The normalized spacial score (nSPS) is 11.1. The first-order chi connectivity index (χ1) is 12.1. The summed E-state index contributed by atoms with van der Waals surface area (Å²) < 4.78 is 41.4. The number of sulfone groups is 1. The number of benzene rings is 2. The SMILES string of the molecule is Cc1ccc(F)cc1NC(=O)COC(=O)c1cc(S(C)(=O)=O)ccc1C. The average molecular weight is 379 g/mol. The Morgan fingerprint density at radius 2 is 1.73 bits per heavy atom. The average Bonchev–Trinajstić information content (AvgIpc) is 2.55. The summed E-state index contributed by atoms with van der Waals surface area (Å²) in [7, 11) is -3.48. The van der Waals surface area contributed by atoms with Gasteiger partial charge in [0.15, 0.2) is 16.4 Å². The van der Waals surface area contributed by atoms with Crippen LogP contribution in [0.3, 0.4) is 0 Å². The molecule has 2 aromatic carbocycles. The molecule has 1 N–H and O–H groups in total. The lowest BCUT2D eigenvalue weighted by atomic mass is 10.1. The Hall–Kier alpha value is -2.74. The van der Waals surface area contributed by atoms with Gasteiger partial charge in [0, 0.05) is 11.9 Å². The zero-order valence-corrected chi connectivity index (χ0v) is 15.3. The highest BCUT2D eigenvalue weighted by molar-refractivity contribution is 7.90. The molecule has 0 aliphatic rings. The lowest BCUT2D eigenvalue weighted by Gasteiger charge is -2.10. The van der Waals surface area contributed by atoms with Crippen molar-refractivity contribution in [2.45, 2.75) is 18.7 Å². The second-order valence-corrected chi connectivity index (χ2v) is 7.85. The van der Waals surface area contributed by atoms with Gasteiger partial charge in [-0.25, -0.2) is 17.6 Å². The monoisotopic (exact) mass is 379 g/mol. The third-order valence-corrected chi connectivity index (χ3v) is 4.78. The summed E-state index contributed by atoms with van der Waals surface area (Å²) >= 11 is 0. The minimum atomic E-state index is -3.48. The lowest BCUT2D eigenvalue weighted by molar-refractivity contribution is -0.119. The van der Waals surface area contributed by atoms with Gasteiger partial charge in [0.1, 0.15) is 5.82 Å². The van der Waals surface area contributed by atoms with Crippen LogP contribution in [0.1, 0.15) is 21.5 Å². The smallest absolute Gasteiger partial charge is 0.338 e. The van der Waals surface area contributed by atoms with E-state index in [1.165, 1.54) is 30.3 Å². The predicted octanol–water partition coefficient (Wildman–Crippen LogP) is 2.64. The van der Waals surface area contributed by atoms with Gasteiger partial charge in [-0.3, -0.25) is 4.79 Å². The number of rotatable bonds is 5. The number of esters is 1. The molecule has 2 aromatic rings. The molecule has 0 fully saturated rings. The summed E-state index contributed by atoms with van der Waals surface area (Å²) in [6, 6.07) is 8.03. The van der Waals surface area contributed by atoms with Gasteiger partial charge in [0.25, 0.3) is 5.91 Å². The summed E-state index contributed by atoms with van der Waals surface area (Å²) in [4.78, 5) is 24.1. The molecule has 0 radical (unpaired) electrons. The molecular formula is C18H18FNO5S. The first-order valence-electron chi connectivity index (χ1n) is 7.62. The van der Waals surface area contributed by atoms with E-state index in [0.717, 1.165) is 12.3 Å². The third kappa shape index (κ3) is 4.89. The van der Waals surface area contributed by atoms with E-state index in [-0.39, 0.29) is 16.1 Å². The van der Waals surface area contributed by atoms with Gasteiger partial charge in [-0.2, -0.15) is 0 Å². The molecule has 0 unspecified atom stereocenters. The van der Waals surface area contributed by atoms with Crippen LogP contribution < -0.4 is 5.32 Å². The summed E-state index contributed by atoms with van der Waals surface area (Å²) in [5.41, 5.74) is 1.51. The highest BCUT2D eigenvalue weighted by Crippen LogP contribution is 2.18. The van der Waals surface area contributed by atoms with Crippen molar-refractivity contribution in [3.63, 3.8) is 0 Å². The van der Waals surface area contributed by atoms with Crippen molar-refractivity contribution in [3.8, 4) is 0 Å². The number of nitrogens with one attached hydrogen (secondary N) is 1. The van der Waals surface area contributed by atoms with E-state index in [4.69, 9.17) is 4.74 Å². The van der Waals surface area contributed by atoms with Crippen LogP contribution in [-0.2, 0) is 19.4 Å². The lowest BCUT2D eigenvalue weighted by Crippen LogP contribution is -2.22. The number of carbonyl (C=O) groups is 2. The summed E-state index contributed by atoms with van der Waals surface area (Å²) in [6.07, 6.45) is 1.03. The van der Waals surface area contributed by atoms with Crippen LogP contribution in [0.2, 0.25) is 0 Å². The number of amides is 1. The van der Waals surface area contributed by atoms with Gasteiger partial charge >= 0.3 is 5.97 Å². The van der Waals surface area contributed by atoms with Gasteiger partial charge in [-0.1, -0.05) is 12.1 Å². The minimum Gasteiger partial charge on any atom is -0.452 e. The van der Waals surface area contributed by atoms with Gasteiger partial charge < -0.3 is 10.1 Å². The molecule has 8 heteroatoms. The number of hydrogen-bond donors (Lipinski definition) is 1. The van der Waals surface area contributed by atoms with E-state index in [2.05, 4.69) is 5.32 Å².